The first-order chi connectivity index (χ1) is 10.2. The van der Waals surface area contributed by atoms with Gasteiger partial charge in [-0.2, -0.15) is 0 Å². The average Bonchev–Trinajstić information content (AvgIpc) is 3.18. The first-order valence-electron chi connectivity index (χ1n) is 7.10. The monoisotopic (exact) mass is 326 g/mol. The van der Waals surface area contributed by atoms with Crippen molar-refractivity contribution in [3.63, 3.8) is 0 Å². The summed E-state index contributed by atoms with van der Waals surface area (Å²) in [6, 6.07) is 4.80. The van der Waals surface area contributed by atoms with Crippen molar-refractivity contribution in [1.82, 2.24) is 0 Å². The molecular weight excluding hydrogens is 308 g/mol. The van der Waals surface area contributed by atoms with E-state index in [1.54, 1.807) is 26.8 Å². The number of anilines is 1. The lowest BCUT2D eigenvalue weighted by Crippen LogP contribution is -2.36. The molecule has 1 aliphatic carbocycles. The second-order valence-electron chi connectivity index (χ2n) is 6.34. The molecule has 6 nitrogen and oxygen atoms in total. The summed E-state index contributed by atoms with van der Waals surface area (Å²) in [5.74, 6) is -0.350. The van der Waals surface area contributed by atoms with Crippen LogP contribution in [-0.2, 0) is 9.53 Å². The molecule has 0 aliphatic heterocycles. The van der Waals surface area contributed by atoms with Crippen LogP contribution in [0.4, 0.5) is 11.4 Å². The lowest BCUT2D eigenvalue weighted by molar-refractivity contribution is -0.384. The molecule has 0 saturated heterocycles. The van der Waals surface area contributed by atoms with Crippen LogP contribution < -0.4 is 4.90 Å². The van der Waals surface area contributed by atoms with Crippen molar-refractivity contribution in [2.75, 3.05) is 11.4 Å². The van der Waals surface area contributed by atoms with Gasteiger partial charge in [-0.1, -0.05) is 11.6 Å². The molecule has 0 heterocycles. The number of nitrogens with zero attached hydrogens (tertiary/aromatic N) is 2. The van der Waals surface area contributed by atoms with E-state index in [0.29, 0.717) is 5.69 Å². The van der Waals surface area contributed by atoms with Crippen molar-refractivity contribution in [2.24, 2.45) is 0 Å². The fraction of sp³-hybridized carbons (Fsp3) is 0.533. The third kappa shape index (κ3) is 4.34. The Morgan fingerprint density at radius 2 is 2.09 bits per heavy atom. The highest BCUT2D eigenvalue weighted by Crippen LogP contribution is 2.35. The van der Waals surface area contributed by atoms with Crippen molar-refractivity contribution >= 4 is 28.9 Å². The van der Waals surface area contributed by atoms with Gasteiger partial charge in [0.1, 0.15) is 17.2 Å². The van der Waals surface area contributed by atoms with Crippen molar-refractivity contribution in [1.29, 1.82) is 0 Å². The number of carbonyl (C=O) groups is 1. The highest BCUT2D eigenvalue weighted by atomic mass is 35.5. The van der Waals surface area contributed by atoms with E-state index in [-0.39, 0.29) is 29.3 Å². The molecule has 1 aromatic carbocycles. The van der Waals surface area contributed by atoms with Gasteiger partial charge >= 0.3 is 5.97 Å². The Hall–Kier alpha value is -1.82. The summed E-state index contributed by atoms with van der Waals surface area (Å²) in [6.07, 6.45) is 1.92. The number of rotatable bonds is 5. The SMILES string of the molecule is CC(C)(C)OC(=O)CN(c1ccc(Cl)c([N+](=O)[O-])c1)C1CC1. The molecule has 1 aliphatic rings. The zero-order valence-electron chi connectivity index (χ0n) is 12.8. The number of halogens is 1. The number of ether oxygens (including phenoxy) is 1. The number of hydrogen-bond donors (Lipinski definition) is 0. The van der Waals surface area contributed by atoms with E-state index in [0.717, 1.165) is 12.8 Å². The number of benzene rings is 1. The molecule has 7 heteroatoms. The molecule has 2 rings (SSSR count). The van der Waals surface area contributed by atoms with Crippen molar-refractivity contribution < 1.29 is 14.5 Å². The first kappa shape index (κ1) is 16.5. The summed E-state index contributed by atoms with van der Waals surface area (Å²) in [6.45, 7) is 5.49. The predicted octanol–water partition coefficient (Wildman–Crippen LogP) is 3.56. The summed E-state index contributed by atoms with van der Waals surface area (Å²) in [5, 5.41) is 11.1. The van der Waals surface area contributed by atoms with Gasteiger partial charge in [-0.15, -0.1) is 0 Å². The van der Waals surface area contributed by atoms with Gasteiger partial charge in [-0.25, -0.2) is 0 Å². The van der Waals surface area contributed by atoms with E-state index >= 15 is 0 Å². The van der Waals surface area contributed by atoms with Gasteiger partial charge in [0.05, 0.1) is 4.92 Å². The maximum absolute atomic E-state index is 12.0. The summed E-state index contributed by atoms with van der Waals surface area (Å²) in [7, 11) is 0. The first-order valence-corrected chi connectivity index (χ1v) is 7.47. The van der Waals surface area contributed by atoms with Crippen LogP contribution in [0, 0.1) is 10.1 Å². The highest BCUT2D eigenvalue weighted by Gasteiger charge is 2.32. The standard InChI is InChI=1S/C15H19ClN2O4/c1-15(2,3)22-14(19)9-17(10-4-5-10)11-6-7-12(16)13(8-11)18(20)21/h6-8,10H,4-5,9H2,1-3H3. The smallest absolute Gasteiger partial charge is 0.326 e. The third-order valence-corrected chi connectivity index (χ3v) is 3.48. The number of nitro benzene ring substituents is 1. The van der Waals surface area contributed by atoms with Crippen molar-refractivity contribution in [3.8, 4) is 0 Å². The molecule has 0 N–H and O–H groups in total. The van der Waals surface area contributed by atoms with E-state index in [2.05, 4.69) is 0 Å². The van der Waals surface area contributed by atoms with E-state index in [1.165, 1.54) is 12.1 Å². The fourth-order valence-corrected chi connectivity index (χ4v) is 2.34. The van der Waals surface area contributed by atoms with Crippen LogP contribution in [0.25, 0.3) is 0 Å². The minimum absolute atomic E-state index is 0.0702. The minimum atomic E-state index is -0.557. The summed E-state index contributed by atoms with van der Waals surface area (Å²) in [5.41, 5.74) is -0.100. The van der Waals surface area contributed by atoms with E-state index < -0.39 is 10.5 Å². The molecule has 1 aromatic rings. The molecule has 22 heavy (non-hydrogen) atoms. The van der Waals surface area contributed by atoms with Crippen LogP contribution in [0.3, 0.4) is 0 Å². The average molecular weight is 327 g/mol. The van der Waals surface area contributed by atoms with Crippen LogP contribution in [0.1, 0.15) is 33.6 Å². The Morgan fingerprint density at radius 3 is 2.59 bits per heavy atom. The van der Waals surface area contributed by atoms with Crippen LogP contribution >= 0.6 is 11.6 Å². The van der Waals surface area contributed by atoms with Gasteiger partial charge in [-0.3, -0.25) is 14.9 Å². The molecule has 0 radical (unpaired) electrons. The van der Waals surface area contributed by atoms with Gasteiger partial charge in [0, 0.05) is 17.8 Å². The fourth-order valence-electron chi connectivity index (χ4n) is 2.15. The maximum Gasteiger partial charge on any atom is 0.326 e. The third-order valence-electron chi connectivity index (χ3n) is 3.17. The largest absolute Gasteiger partial charge is 0.459 e. The van der Waals surface area contributed by atoms with Gasteiger partial charge in [-0.05, 0) is 45.7 Å². The summed E-state index contributed by atoms with van der Waals surface area (Å²) in [4.78, 5) is 24.4. The molecule has 0 unspecified atom stereocenters. The molecular formula is C15H19ClN2O4. The Morgan fingerprint density at radius 1 is 1.45 bits per heavy atom. The molecule has 120 valence electrons. The summed E-state index contributed by atoms with van der Waals surface area (Å²) < 4.78 is 5.33. The normalized spacial score (nSPS) is 14.5. The zero-order valence-corrected chi connectivity index (χ0v) is 13.6. The molecule has 0 bridgehead atoms. The summed E-state index contributed by atoms with van der Waals surface area (Å²) >= 11 is 5.83. The second-order valence-corrected chi connectivity index (χ2v) is 6.75. The van der Waals surface area contributed by atoms with Gasteiger partial charge in [0.25, 0.3) is 5.69 Å². The Bertz CT molecular complexity index is 594. The molecule has 0 spiro atoms. The zero-order chi connectivity index (χ0) is 16.5. The van der Waals surface area contributed by atoms with Gasteiger partial charge in [0.2, 0.25) is 0 Å². The lowest BCUT2D eigenvalue weighted by Gasteiger charge is -2.26. The number of esters is 1. The lowest BCUT2D eigenvalue weighted by atomic mass is 10.2. The van der Waals surface area contributed by atoms with Crippen LogP contribution in [0.2, 0.25) is 5.02 Å². The number of nitro groups is 1. The predicted molar refractivity (Wildman–Crippen MR) is 84.3 cm³/mol. The van der Waals surface area contributed by atoms with Crippen molar-refractivity contribution in [2.45, 2.75) is 45.3 Å². The maximum atomic E-state index is 12.0. The van der Waals surface area contributed by atoms with Crippen LogP contribution in [-0.4, -0.2) is 29.1 Å². The Balaban J connectivity index is 2.20. The second kappa shape index (κ2) is 6.12. The highest BCUT2D eigenvalue weighted by molar-refractivity contribution is 6.32. The van der Waals surface area contributed by atoms with Crippen LogP contribution in [0.15, 0.2) is 18.2 Å². The molecule has 1 fully saturated rings. The van der Waals surface area contributed by atoms with E-state index in [4.69, 9.17) is 16.3 Å². The molecule has 0 amide bonds. The molecule has 0 aromatic heterocycles. The topological polar surface area (TPSA) is 72.7 Å². The van der Waals surface area contributed by atoms with Gasteiger partial charge in [0.15, 0.2) is 0 Å². The van der Waals surface area contributed by atoms with E-state index in [1.807, 2.05) is 4.90 Å². The quantitative estimate of drug-likeness (QED) is 0.470. The minimum Gasteiger partial charge on any atom is -0.459 e. The van der Waals surface area contributed by atoms with E-state index in [9.17, 15) is 14.9 Å². The Labute approximate surface area is 134 Å². The van der Waals surface area contributed by atoms with Crippen molar-refractivity contribution in [3.05, 3.63) is 33.3 Å². The van der Waals surface area contributed by atoms with Gasteiger partial charge < -0.3 is 9.64 Å². The number of carbonyl (C=O) groups excluding carboxylic acids is 1. The molecule has 0 atom stereocenters. The Kier molecular flexibility index (Phi) is 4.60. The molecule has 1 saturated carbocycles. The number of hydrogen-bond acceptors (Lipinski definition) is 5. The van der Waals surface area contributed by atoms with Crippen LogP contribution in [0.5, 0.6) is 0 Å².